The number of amides is 9. The fraction of sp³-hybridized carbons (Fsp3) is 0.877. The van der Waals surface area contributed by atoms with Crippen LogP contribution in [0, 0.1) is 0 Å². The van der Waals surface area contributed by atoms with E-state index in [1.807, 2.05) is 0 Å². The number of hydrogen-bond donors (Lipinski definition) is 18. The molecule has 0 spiro atoms. The number of carbonyl (C=O) groups is 9. The van der Waals surface area contributed by atoms with Gasteiger partial charge in [-0.3, -0.25) is 61.2 Å². The molecular formula is C73H135N9O34P2. The predicted molar refractivity (Wildman–Crippen MR) is 416 cm³/mol. The van der Waals surface area contributed by atoms with E-state index in [9.17, 15) is 113 Å². The summed E-state index contributed by atoms with van der Waals surface area (Å²) in [5.41, 5.74) is 0. The molecule has 17 atom stereocenters. The van der Waals surface area contributed by atoms with Crippen LogP contribution in [0.2, 0.25) is 0 Å². The zero-order valence-corrected chi connectivity index (χ0v) is 70.4. The number of nitrogens with one attached hydrogen (secondary N) is 6. The molecular weight excluding hydrogens is 1610 g/mol. The number of methoxy groups -OCH3 is 1. The highest BCUT2D eigenvalue weighted by molar-refractivity contribution is 7.47. The van der Waals surface area contributed by atoms with Crippen LogP contribution in [-0.2, 0) is 104 Å². The van der Waals surface area contributed by atoms with E-state index in [0.717, 1.165) is 0 Å². The van der Waals surface area contributed by atoms with Gasteiger partial charge in [0.2, 0.25) is 53.2 Å². The minimum absolute atomic E-state index is 0.0542. The summed E-state index contributed by atoms with van der Waals surface area (Å²) in [5.74, 6) is -3.19. The molecule has 118 heavy (non-hydrogen) atoms. The summed E-state index contributed by atoms with van der Waals surface area (Å²) < 4.78 is 86.1. The van der Waals surface area contributed by atoms with Crippen molar-refractivity contribution < 1.29 is 164 Å². The third-order valence-electron chi connectivity index (χ3n) is 19.4. The van der Waals surface area contributed by atoms with Gasteiger partial charge in [-0.1, -0.05) is 38.5 Å². The molecule has 9 amide bonds. The summed E-state index contributed by atoms with van der Waals surface area (Å²) in [6, 6.07) is -3.21. The standard InChI is InChI=1S/C73H135N9O34P2/c1-50(87)77-62-68(99)65(96)53(47-84)114-71(62)107-39-20-8-11-23-56(90)74-29-17-5-14-26-59(93)80(32-38-83)34-43-110-117(102,103)112-45-36-82(61(95)28-16-7-19-31-76-58(92)25-13-10-22-41-109-73-64(79-52(3)89)70(101)67(98)55(49-86)116-73)37-46-113-118(104,105)111-44-35-81(33-42-106-4)60(94)27-15-6-18-30-75-57(91)24-12-9-21-40-108-72-63(78-51(2)88)69(100)66(97)54(48-85)115-72/h53-55,62-73,83-86,96-101H,5-49H2,1-4H3,(H,74,90)(H,75,91)(H,76,92)(H,77,87)(H,78,88)(H,79,89)(H,102,103)(H,104,105). The van der Waals surface area contributed by atoms with Gasteiger partial charge >= 0.3 is 15.6 Å². The van der Waals surface area contributed by atoms with Gasteiger partial charge < -0.3 is 141 Å². The van der Waals surface area contributed by atoms with Gasteiger partial charge in [0.15, 0.2) is 18.9 Å². The Morgan fingerprint density at radius 3 is 0.847 bits per heavy atom. The van der Waals surface area contributed by atoms with Crippen LogP contribution in [0.25, 0.3) is 0 Å². The monoisotopic (exact) mass is 1740 g/mol. The number of phosphoric ester groups is 2. The third kappa shape index (κ3) is 44.2. The Hall–Kier alpha value is -5.23. The van der Waals surface area contributed by atoms with E-state index in [4.69, 9.17) is 51.3 Å². The van der Waals surface area contributed by atoms with Gasteiger partial charge in [-0.2, -0.15) is 0 Å². The second-order valence-electron chi connectivity index (χ2n) is 29.0. The van der Waals surface area contributed by atoms with Gasteiger partial charge in [-0.15, -0.1) is 0 Å². The van der Waals surface area contributed by atoms with Crippen LogP contribution in [0.5, 0.6) is 0 Å². The summed E-state index contributed by atoms with van der Waals surface area (Å²) in [6.07, 6.45) is -5.40. The Bertz CT molecular complexity index is 2990. The smallest absolute Gasteiger partial charge is 0.395 e. The summed E-state index contributed by atoms with van der Waals surface area (Å²) in [5, 5.41) is 116. The van der Waals surface area contributed by atoms with Crippen LogP contribution in [0.15, 0.2) is 0 Å². The lowest BCUT2D eigenvalue weighted by atomic mass is 9.97. The topological polar surface area (TPSA) is 614 Å². The minimum atomic E-state index is -4.85. The average molecular weight is 1740 g/mol. The summed E-state index contributed by atoms with van der Waals surface area (Å²) >= 11 is 0. The van der Waals surface area contributed by atoms with E-state index in [0.29, 0.717) is 129 Å². The maximum atomic E-state index is 13.7. The first-order chi connectivity index (χ1) is 56.3. The number of phosphoric acid groups is 2. The largest absolute Gasteiger partial charge is 0.472 e. The molecule has 3 heterocycles. The Morgan fingerprint density at radius 1 is 0.339 bits per heavy atom. The molecule has 17 unspecified atom stereocenters. The summed E-state index contributed by atoms with van der Waals surface area (Å²) in [6.45, 7) is -0.00276. The zero-order valence-electron chi connectivity index (χ0n) is 68.6. The number of ether oxygens (including phenoxy) is 7. The highest BCUT2D eigenvalue weighted by Crippen LogP contribution is 2.44. The number of nitrogens with zero attached hydrogens (tertiary/aromatic N) is 3. The van der Waals surface area contributed by atoms with Crippen molar-refractivity contribution in [2.24, 2.45) is 0 Å². The number of aliphatic hydroxyl groups is 10. The average Bonchev–Trinajstić information content (AvgIpc) is 0.818. The molecule has 43 nitrogen and oxygen atoms in total. The van der Waals surface area contributed by atoms with Crippen molar-refractivity contribution in [1.29, 1.82) is 0 Å². The Kier molecular flexibility index (Phi) is 55.4. The highest BCUT2D eigenvalue weighted by atomic mass is 31.2. The molecule has 0 aliphatic carbocycles. The second-order valence-corrected chi connectivity index (χ2v) is 31.9. The van der Waals surface area contributed by atoms with Crippen molar-refractivity contribution >= 4 is 68.8 Å². The van der Waals surface area contributed by atoms with Crippen LogP contribution in [0.4, 0.5) is 0 Å². The van der Waals surface area contributed by atoms with E-state index in [1.165, 1.54) is 42.6 Å². The molecule has 0 radical (unpaired) electrons. The molecule has 3 fully saturated rings. The van der Waals surface area contributed by atoms with Crippen LogP contribution in [0.1, 0.15) is 175 Å². The van der Waals surface area contributed by atoms with E-state index in [-0.39, 0.29) is 140 Å². The molecule has 0 aromatic heterocycles. The fourth-order valence-electron chi connectivity index (χ4n) is 12.8. The number of unbranched alkanes of at least 4 members (excludes halogenated alkanes) is 12. The van der Waals surface area contributed by atoms with Gasteiger partial charge in [0.25, 0.3) is 0 Å². The van der Waals surface area contributed by atoms with E-state index in [1.54, 1.807) is 0 Å². The first-order valence-corrected chi connectivity index (χ1v) is 43.8. The van der Waals surface area contributed by atoms with E-state index in [2.05, 4.69) is 31.9 Å². The van der Waals surface area contributed by atoms with E-state index >= 15 is 0 Å². The molecule has 0 bridgehead atoms. The number of rotatable bonds is 66. The number of carbonyl (C=O) groups excluding carboxylic acids is 9. The van der Waals surface area contributed by atoms with Crippen molar-refractivity contribution in [1.82, 2.24) is 46.6 Å². The molecule has 0 aromatic carbocycles. The first kappa shape index (κ1) is 107. The van der Waals surface area contributed by atoms with E-state index < -0.39 is 184 Å². The van der Waals surface area contributed by atoms with Gasteiger partial charge in [-0.05, 0) is 77.0 Å². The van der Waals surface area contributed by atoms with Crippen molar-refractivity contribution in [3.63, 3.8) is 0 Å². The molecule has 686 valence electrons. The van der Waals surface area contributed by atoms with Crippen LogP contribution >= 0.6 is 15.6 Å². The SMILES string of the molecule is COCCN(CCOP(=O)(O)OCCN(CCOP(=O)(O)OCCN(CCO)C(=O)CCCCCNC(=O)CCCCCOC1OC(CO)C(O)C(O)C1NC(C)=O)C(=O)CCCCCNC(=O)CCCCCOC1OC(CO)C(O)C(O)C1NC(C)=O)C(=O)CCCCCNC(=O)CCCCCOC1OC(CO)C(O)C(O)C1NC(C)=O. The number of hydrogen-bond acceptors (Lipinski definition) is 32. The lowest BCUT2D eigenvalue weighted by Gasteiger charge is -2.42. The quantitative estimate of drug-likeness (QED) is 0.0213. The predicted octanol–water partition coefficient (Wildman–Crippen LogP) is -3.03. The number of aliphatic hydroxyl groups excluding tert-OH is 10. The Balaban J connectivity index is 1.44. The molecule has 45 heteroatoms. The van der Waals surface area contributed by atoms with Crippen LogP contribution in [0.3, 0.4) is 0 Å². The van der Waals surface area contributed by atoms with Crippen molar-refractivity contribution in [2.45, 2.75) is 267 Å². The maximum Gasteiger partial charge on any atom is 0.472 e. The molecule has 3 aliphatic heterocycles. The molecule has 0 saturated carbocycles. The Morgan fingerprint density at radius 2 is 0.593 bits per heavy atom. The lowest BCUT2D eigenvalue weighted by molar-refractivity contribution is -0.270. The molecule has 3 saturated heterocycles. The van der Waals surface area contributed by atoms with Gasteiger partial charge in [0.05, 0.1) is 59.5 Å². The lowest BCUT2D eigenvalue weighted by Crippen LogP contribution is -2.64. The second kappa shape index (κ2) is 61.1. The molecule has 3 aliphatic rings. The van der Waals surface area contributed by atoms with Crippen molar-refractivity contribution in [3.05, 3.63) is 0 Å². The van der Waals surface area contributed by atoms with Crippen LogP contribution in [-0.4, -0.2) is 366 Å². The summed E-state index contributed by atoms with van der Waals surface area (Å²) in [7, 11) is -8.25. The Labute approximate surface area is 689 Å². The molecule has 0 aromatic rings. The summed E-state index contributed by atoms with van der Waals surface area (Å²) in [4.78, 5) is 138. The minimum Gasteiger partial charge on any atom is -0.395 e. The molecule has 18 N–H and O–H groups in total. The van der Waals surface area contributed by atoms with Gasteiger partial charge in [-0.25, -0.2) is 9.13 Å². The zero-order chi connectivity index (χ0) is 87.4. The van der Waals surface area contributed by atoms with Gasteiger partial charge in [0, 0.05) is 145 Å². The molecule has 3 rings (SSSR count). The van der Waals surface area contributed by atoms with Crippen molar-refractivity contribution in [3.8, 4) is 0 Å². The normalized spacial score (nSPS) is 24.2. The first-order valence-electron chi connectivity index (χ1n) is 40.8. The van der Waals surface area contributed by atoms with Gasteiger partial charge in [0.1, 0.15) is 73.1 Å². The maximum absolute atomic E-state index is 13.7. The third-order valence-corrected chi connectivity index (χ3v) is 21.4. The fourth-order valence-corrected chi connectivity index (χ4v) is 14.2. The highest BCUT2D eigenvalue weighted by Gasteiger charge is 2.48. The van der Waals surface area contributed by atoms with Crippen LogP contribution < -0.4 is 31.9 Å². The van der Waals surface area contributed by atoms with Crippen molar-refractivity contribution in [2.75, 3.05) is 145 Å².